The molecular weight excluding hydrogens is 466 g/mol. The van der Waals surface area contributed by atoms with Crippen LogP contribution in [0.1, 0.15) is 52.5 Å². The third-order valence-corrected chi connectivity index (χ3v) is 6.04. The number of amides is 1. The molecule has 202 valence electrons. The maximum absolute atomic E-state index is 12.9. The largest absolute Gasteiger partial charge is 0.491 e. The lowest BCUT2D eigenvalue weighted by atomic mass is 10.0. The van der Waals surface area contributed by atoms with Crippen LogP contribution in [0.5, 0.6) is 5.75 Å². The molecule has 1 aromatic rings. The lowest BCUT2D eigenvalue weighted by Gasteiger charge is -2.27. The highest BCUT2D eigenvalue weighted by atomic mass is 16.5. The summed E-state index contributed by atoms with van der Waals surface area (Å²) in [7, 11) is 0. The Morgan fingerprint density at radius 1 is 1.22 bits per heavy atom. The maximum Gasteiger partial charge on any atom is 0.326 e. The van der Waals surface area contributed by atoms with E-state index in [1.165, 1.54) is 4.90 Å². The highest BCUT2D eigenvalue weighted by Crippen LogP contribution is 2.19. The first-order chi connectivity index (χ1) is 17.1. The van der Waals surface area contributed by atoms with Gasteiger partial charge in [-0.2, -0.15) is 0 Å². The van der Waals surface area contributed by atoms with Crippen LogP contribution in [0, 0.1) is 0 Å². The summed E-state index contributed by atoms with van der Waals surface area (Å²) < 4.78 is 10.9. The second kappa shape index (κ2) is 14.8. The van der Waals surface area contributed by atoms with Gasteiger partial charge in [0.2, 0.25) is 5.91 Å². The molecule has 0 aromatic heterocycles. The number of carboxylic acids is 1. The van der Waals surface area contributed by atoms with Crippen molar-refractivity contribution in [2.75, 3.05) is 26.3 Å². The van der Waals surface area contributed by atoms with Gasteiger partial charge in [0, 0.05) is 19.1 Å². The van der Waals surface area contributed by atoms with E-state index in [9.17, 15) is 24.6 Å². The van der Waals surface area contributed by atoms with Crippen LogP contribution in [-0.4, -0.2) is 89.5 Å². The summed E-state index contributed by atoms with van der Waals surface area (Å²) in [5, 5.41) is 25.7. The average molecular weight is 508 g/mol. The Bertz CT molecular complexity index is 864. The average Bonchev–Trinajstić information content (AvgIpc) is 3.34. The summed E-state index contributed by atoms with van der Waals surface area (Å²) in [6.07, 6.45) is 1.33. The molecule has 1 amide bonds. The number of aryl methyl sites for hydroxylation is 1. The zero-order valence-electron chi connectivity index (χ0n) is 21.7. The smallest absolute Gasteiger partial charge is 0.326 e. The lowest BCUT2D eigenvalue weighted by Crippen LogP contribution is -2.53. The molecule has 1 fully saturated rings. The van der Waals surface area contributed by atoms with Gasteiger partial charge in [0.1, 0.15) is 30.5 Å². The van der Waals surface area contributed by atoms with E-state index >= 15 is 0 Å². The van der Waals surface area contributed by atoms with Crippen LogP contribution in [0.2, 0.25) is 0 Å². The predicted octanol–water partition coefficient (Wildman–Crippen LogP) is 1.34. The Morgan fingerprint density at radius 2 is 1.97 bits per heavy atom. The summed E-state index contributed by atoms with van der Waals surface area (Å²) >= 11 is 0. The van der Waals surface area contributed by atoms with Gasteiger partial charge in [-0.25, -0.2) is 4.79 Å². The first-order valence-corrected chi connectivity index (χ1v) is 12.7. The number of nitrogens with zero attached hydrogens (tertiary/aromatic N) is 1. The number of carbonyl (C=O) groups excluding carboxylic acids is 2. The van der Waals surface area contributed by atoms with E-state index in [4.69, 9.17) is 9.47 Å². The Hall–Kier alpha value is -2.69. The molecule has 0 saturated carbocycles. The van der Waals surface area contributed by atoms with E-state index in [0.29, 0.717) is 44.5 Å². The Balaban J connectivity index is 1.97. The standard InChI is InChI=1S/C26H41N3O7/c1-5-35-26(34)22(28-18(4)24(31)29-13-7-10-23(29)25(32)33)12-11-19-8-6-9-21(14-19)36-16-20(30)15-27-17(2)3/h6,8-9,14,17-18,20,22-23,27-28,30H,5,7,10-13,15-16H2,1-4H3,(H,32,33). The van der Waals surface area contributed by atoms with E-state index in [-0.39, 0.29) is 25.2 Å². The molecule has 2 rings (SSSR count). The van der Waals surface area contributed by atoms with Crippen LogP contribution in [0.25, 0.3) is 0 Å². The van der Waals surface area contributed by atoms with Gasteiger partial charge in [-0.1, -0.05) is 26.0 Å². The molecule has 10 nitrogen and oxygen atoms in total. The van der Waals surface area contributed by atoms with Crippen LogP contribution < -0.4 is 15.4 Å². The summed E-state index contributed by atoms with van der Waals surface area (Å²) in [5.41, 5.74) is 0.933. The van der Waals surface area contributed by atoms with Gasteiger partial charge >= 0.3 is 11.9 Å². The molecule has 1 heterocycles. The number of esters is 1. The van der Waals surface area contributed by atoms with Gasteiger partial charge in [0.15, 0.2) is 0 Å². The molecule has 0 radical (unpaired) electrons. The van der Waals surface area contributed by atoms with E-state index in [0.717, 1.165) is 5.56 Å². The fourth-order valence-electron chi connectivity index (χ4n) is 4.15. The molecule has 0 aliphatic carbocycles. The molecule has 36 heavy (non-hydrogen) atoms. The number of rotatable bonds is 15. The topological polar surface area (TPSA) is 137 Å². The zero-order chi connectivity index (χ0) is 26.7. The maximum atomic E-state index is 12.9. The minimum atomic E-state index is -1.01. The Morgan fingerprint density at radius 3 is 2.64 bits per heavy atom. The molecule has 1 aliphatic heterocycles. The fraction of sp³-hybridized carbons (Fsp3) is 0.654. The SMILES string of the molecule is CCOC(=O)C(CCc1cccc(OCC(O)CNC(C)C)c1)NC(C)C(=O)N1CCCC1C(=O)O. The number of carbonyl (C=O) groups is 3. The molecule has 0 bridgehead atoms. The summed E-state index contributed by atoms with van der Waals surface area (Å²) in [6, 6.07) is 5.41. The Kier molecular flexibility index (Phi) is 12.1. The van der Waals surface area contributed by atoms with Crippen molar-refractivity contribution in [2.24, 2.45) is 0 Å². The molecule has 4 atom stereocenters. The summed E-state index contributed by atoms with van der Waals surface area (Å²) in [5.74, 6) is -1.19. The van der Waals surface area contributed by atoms with E-state index < -0.39 is 36.2 Å². The van der Waals surface area contributed by atoms with Gasteiger partial charge in [-0.05, 0) is 57.2 Å². The predicted molar refractivity (Wildman–Crippen MR) is 135 cm³/mol. The third kappa shape index (κ3) is 9.40. The molecule has 4 unspecified atom stereocenters. The number of ether oxygens (including phenoxy) is 2. The monoisotopic (exact) mass is 507 g/mol. The van der Waals surface area contributed by atoms with Crippen molar-refractivity contribution in [1.82, 2.24) is 15.5 Å². The number of hydrogen-bond acceptors (Lipinski definition) is 8. The number of hydrogen-bond donors (Lipinski definition) is 4. The van der Waals surface area contributed by atoms with E-state index in [2.05, 4.69) is 10.6 Å². The number of aliphatic hydroxyl groups is 1. The van der Waals surface area contributed by atoms with Crippen LogP contribution >= 0.6 is 0 Å². The number of aliphatic carboxylic acids is 1. The van der Waals surface area contributed by atoms with Crippen LogP contribution in [0.3, 0.4) is 0 Å². The quantitative estimate of drug-likeness (QED) is 0.259. The summed E-state index contributed by atoms with van der Waals surface area (Å²) in [4.78, 5) is 38.4. The van der Waals surface area contributed by atoms with Gasteiger partial charge in [-0.15, -0.1) is 0 Å². The van der Waals surface area contributed by atoms with Crippen molar-refractivity contribution < 1.29 is 34.1 Å². The van der Waals surface area contributed by atoms with Crippen molar-refractivity contribution in [3.05, 3.63) is 29.8 Å². The summed E-state index contributed by atoms with van der Waals surface area (Å²) in [6.45, 7) is 8.56. The van der Waals surface area contributed by atoms with Crippen molar-refractivity contribution in [1.29, 1.82) is 0 Å². The molecule has 0 spiro atoms. The molecular formula is C26H41N3O7. The number of benzene rings is 1. The van der Waals surface area contributed by atoms with Gasteiger partial charge in [0.25, 0.3) is 0 Å². The van der Waals surface area contributed by atoms with Gasteiger partial charge < -0.3 is 29.9 Å². The first kappa shape index (κ1) is 29.5. The molecule has 1 saturated heterocycles. The fourth-order valence-corrected chi connectivity index (χ4v) is 4.15. The van der Waals surface area contributed by atoms with Crippen LogP contribution in [0.15, 0.2) is 24.3 Å². The molecule has 1 aromatic carbocycles. The first-order valence-electron chi connectivity index (χ1n) is 12.7. The number of aliphatic hydroxyl groups excluding tert-OH is 1. The van der Waals surface area contributed by atoms with Crippen molar-refractivity contribution >= 4 is 17.8 Å². The molecule has 1 aliphatic rings. The second-order valence-electron chi connectivity index (χ2n) is 9.43. The van der Waals surface area contributed by atoms with Crippen LogP contribution in [-0.2, 0) is 25.5 Å². The zero-order valence-corrected chi connectivity index (χ0v) is 21.7. The van der Waals surface area contributed by atoms with Crippen molar-refractivity contribution in [2.45, 2.75) is 83.6 Å². The highest BCUT2D eigenvalue weighted by molar-refractivity contribution is 5.88. The number of carboxylic acid groups (broad SMARTS) is 1. The normalized spacial score (nSPS) is 18.1. The highest BCUT2D eigenvalue weighted by Gasteiger charge is 2.37. The number of likely N-dealkylation sites (tertiary alicyclic amines) is 1. The number of nitrogens with one attached hydrogen (secondary N) is 2. The minimum Gasteiger partial charge on any atom is -0.491 e. The van der Waals surface area contributed by atoms with Gasteiger partial charge in [-0.3, -0.25) is 14.9 Å². The minimum absolute atomic E-state index is 0.156. The second-order valence-corrected chi connectivity index (χ2v) is 9.43. The molecule has 10 heteroatoms. The van der Waals surface area contributed by atoms with Crippen molar-refractivity contribution in [3.8, 4) is 5.75 Å². The van der Waals surface area contributed by atoms with Gasteiger partial charge in [0.05, 0.1) is 12.6 Å². The van der Waals surface area contributed by atoms with Crippen molar-refractivity contribution in [3.63, 3.8) is 0 Å². The molecule has 4 N–H and O–H groups in total. The van der Waals surface area contributed by atoms with Crippen LogP contribution in [0.4, 0.5) is 0 Å². The lowest BCUT2D eigenvalue weighted by molar-refractivity contribution is -0.150. The third-order valence-electron chi connectivity index (χ3n) is 6.04. The Labute approximate surface area is 213 Å². The van der Waals surface area contributed by atoms with E-state index in [1.807, 2.05) is 38.1 Å². The van der Waals surface area contributed by atoms with E-state index in [1.54, 1.807) is 13.8 Å².